The Morgan fingerprint density at radius 3 is 2.28 bits per heavy atom. The molecule has 0 saturated carbocycles. The Hall–Kier alpha value is -0.620. The second-order valence-electron chi connectivity index (χ2n) is 7.50. The molecule has 25 heavy (non-hydrogen) atoms. The number of nitrogens with zero attached hydrogens (tertiary/aromatic N) is 1. The third-order valence-electron chi connectivity index (χ3n) is 4.27. The van der Waals surface area contributed by atoms with Crippen molar-refractivity contribution in [2.45, 2.75) is 53.7 Å². The van der Waals surface area contributed by atoms with Crippen molar-refractivity contribution >= 4 is 61.9 Å². The first-order valence-corrected chi connectivity index (χ1v) is 10.4. The number of hydrogen-bond donors (Lipinski definition) is 0. The van der Waals surface area contributed by atoms with E-state index in [0.29, 0.717) is 0 Å². The average molecular weight is 508 g/mol. The molecule has 2 aliphatic heterocycles. The molecule has 2 heterocycles. The van der Waals surface area contributed by atoms with Gasteiger partial charge in [0.15, 0.2) is 15.2 Å². The molecule has 2 rings (SSSR count). The first-order valence-electron chi connectivity index (χ1n) is 7.36. The molecule has 0 aliphatic carbocycles. The summed E-state index contributed by atoms with van der Waals surface area (Å²) in [5.41, 5.74) is -0.777. The Morgan fingerprint density at radius 1 is 1.28 bits per heavy atom. The van der Waals surface area contributed by atoms with Crippen LogP contribution in [0.4, 0.5) is 0 Å². The predicted octanol–water partition coefficient (Wildman–Crippen LogP) is 1.19. The number of carbonyl (C=O) groups excluding carboxylic acids is 3. The van der Waals surface area contributed by atoms with E-state index >= 15 is 0 Å². The molecule has 0 aromatic carbocycles. The molecule has 142 valence electrons. The Labute approximate surface area is 164 Å². The zero-order chi connectivity index (χ0) is 19.6. The highest BCUT2D eigenvalue weighted by Crippen LogP contribution is 2.56. The third kappa shape index (κ3) is 2.93. The van der Waals surface area contributed by atoms with Crippen LogP contribution in [0.25, 0.3) is 0 Å². The van der Waals surface area contributed by atoms with Gasteiger partial charge in [-0.1, -0.05) is 11.6 Å². The number of ether oxygens (including phenoxy) is 2. The van der Waals surface area contributed by atoms with Crippen LogP contribution < -0.4 is 0 Å². The maximum absolute atomic E-state index is 12.7. The number of halogens is 2. The molecule has 2 aliphatic rings. The largest absolute Gasteiger partial charge is 0.427 e. The third-order valence-corrected chi connectivity index (χ3v) is 9.10. The molecule has 2 fully saturated rings. The predicted molar refractivity (Wildman–Crippen MR) is 96.5 cm³/mol. The molecule has 0 aromatic heterocycles. The zero-order valence-corrected chi connectivity index (χ0v) is 18.1. The van der Waals surface area contributed by atoms with Crippen LogP contribution in [0.15, 0.2) is 0 Å². The number of fused-ring (bicyclic) bond motifs is 1. The number of hydrogen-bond acceptors (Lipinski definition) is 7. The van der Waals surface area contributed by atoms with Crippen molar-refractivity contribution in [2.24, 2.45) is 5.41 Å². The van der Waals surface area contributed by atoms with Gasteiger partial charge in [-0.25, -0.2) is 13.2 Å². The molecule has 8 nitrogen and oxygen atoms in total. The van der Waals surface area contributed by atoms with E-state index < -0.39 is 58.9 Å². The Balaban J connectivity index is 2.17. The fraction of sp³-hybridized carbons (Fsp3) is 0.786. The number of alkyl halides is 2. The highest BCUT2D eigenvalue weighted by molar-refractivity contribution is 14.1. The summed E-state index contributed by atoms with van der Waals surface area (Å²) >= 11 is 7.59. The van der Waals surface area contributed by atoms with Gasteiger partial charge in [-0.15, -0.1) is 0 Å². The number of esters is 2. The summed E-state index contributed by atoms with van der Waals surface area (Å²) < 4.78 is 31.9. The van der Waals surface area contributed by atoms with Crippen LogP contribution in [0, 0.1) is 5.41 Å². The number of sulfone groups is 1. The van der Waals surface area contributed by atoms with Crippen molar-refractivity contribution in [1.82, 2.24) is 4.90 Å². The molecule has 1 unspecified atom stereocenters. The molecular formula is C14H19ClINO7S. The van der Waals surface area contributed by atoms with Crippen LogP contribution in [0.5, 0.6) is 0 Å². The number of rotatable bonds is 3. The minimum Gasteiger partial charge on any atom is -0.427 e. The summed E-state index contributed by atoms with van der Waals surface area (Å²) in [6, 6.07) is -1.36. The van der Waals surface area contributed by atoms with Gasteiger partial charge in [-0.05, 0) is 57.2 Å². The van der Waals surface area contributed by atoms with Gasteiger partial charge in [0.05, 0.1) is 5.41 Å². The molecule has 0 spiro atoms. The zero-order valence-electron chi connectivity index (χ0n) is 14.3. The van der Waals surface area contributed by atoms with E-state index in [2.05, 4.69) is 0 Å². The number of amides is 1. The quantitative estimate of drug-likeness (QED) is 0.186. The minimum absolute atomic E-state index is 0.580. The highest BCUT2D eigenvalue weighted by atomic mass is 127. The summed E-state index contributed by atoms with van der Waals surface area (Å²) in [6.07, 6.45) is 0. The summed E-state index contributed by atoms with van der Waals surface area (Å²) in [4.78, 5) is 37.2. The van der Waals surface area contributed by atoms with E-state index in [1.54, 1.807) is 43.4 Å². The second kappa shape index (κ2) is 5.95. The van der Waals surface area contributed by atoms with Crippen LogP contribution in [0.3, 0.4) is 0 Å². The lowest BCUT2D eigenvalue weighted by atomic mass is 9.97. The first kappa shape index (κ1) is 20.7. The summed E-state index contributed by atoms with van der Waals surface area (Å²) in [6.45, 7) is 6.91. The summed E-state index contributed by atoms with van der Waals surface area (Å²) in [5.74, 6) is -2.21. The van der Waals surface area contributed by atoms with Gasteiger partial charge in [-0.2, -0.15) is 0 Å². The second-order valence-corrected chi connectivity index (χ2v) is 13.0. The monoisotopic (exact) mass is 507 g/mol. The molecule has 0 N–H and O–H groups in total. The average Bonchev–Trinajstić information content (AvgIpc) is 2.59. The number of carbonyl (C=O) groups is 3. The number of β-lactam (4-membered cyclic amide) rings is 1. The first-order chi connectivity index (χ1) is 11.1. The van der Waals surface area contributed by atoms with Crippen molar-refractivity contribution in [1.29, 1.82) is 0 Å². The smallest absolute Gasteiger partial charge is 0.333 e. The van der Waals surface area contributed by atoms with Crippen molar-refractivity contribution in [3.8, 4) is 0 Å². The fourth-order valence-electron chi connectivity index (χ4n) is 2.70. The van der Waals surface area contributed by atoms with Crippen LogP contribution in [0.1, 0.15) is 34.6 Å². The van der Waals surface area contributed by atoms with Gasteiger partial charge >= 0.3 is 11.9 Å². The standard InChI is InChI=1S/C14H19ClINO7S/c1-12(2,3)11(20)24-6-23-8(18)7-13(4,5)25(21,22)10-14(15,16)9(19)17(7)10/h7,10H,6H2,1-5H3/t7-,10+,14?/m0/s1. The van der Waals surface area contributed by atoms with E-state index in [1.165, 1.54) is 13.8 Å². The Kier molecular flexibility index (Phi) is 4.92. The van der Waals surface area contributed by atoms with E-state index in [4.69, 9.17) is 21.1 Å². The maximum atomic E-state index is 12.7. The van der Waals surface area contributed by atoms with E-state index in [-0.39, 0.29) is 0 Å². The lowest BCUT2D eigenvalue weighted by molar-refractivity contribution is -0.179. The van der Waals surface area contributed by atoms with Crippen LogP contribution in [-0.2, 0) is 33.7 Å². The van der Waals surface area contributed by atoms with Crippen LogP contribution >= 0.6 is 34.2 Å². The fourth-order valence-corrected chi connectivity index (χ4v) is 6.94. The topological polar surface area (TPSA) is 107 Å². The van der Waals surface area contributed by atoms with Crippen molar-refractivity contribution in [3.63, 3.8) is 0 Å². The maximum Gasteiger partial charge on any atom is 0.333 e. The minimum atomic E-state index is -3.91. The van der Waals surface area contributed by atoms with E-state index in [0.717, 1.165) is 4.90 Å². The lowest BCUT2D eigenvalue weighted by Gasteiger charge is -2.45. The van der Waals surface area contributed by atoms with E-state index in [9.17, 15) is 22.8 Å². The van der Waals surface area contributed by atoms with Crippen LogP contribution in [-0.4, -0.2) is 57.0 Å². The molecule has 3 atom stereocenters. The SMILES string of the molecule is CC(C)(C)C(=O)OCOC(=O)[C@@H]1N2C(=O)C(Cl)(I)[C@H]2S(=O)(=O)C1(C)C. The highest BCUT2D eigenvalue weighted by Gasteiger charge is 2.77. The normalized spacial score (nSPS) is 32.6. The summed E-state index contributed by atoms with van der Waals surface area (Å²) in [5, 5.41) is -1.31. The molecule has 11 heteroatoms. The van der Waals surface area contributed by atoms with Crippen LogP contribution in [0.2, 0.25) is 0 Å². The lowest BCUT2D eigenvalue weighted by Crippen LogP contribution is -2.69. The summed E-state index contributed by atoms with van der Waals surface area (Å²) in [7, 11) is -3.91. The Morgan fingerprint density at radius 2 is 1.80 bits per heavy atom. The molecular weight excluding hydrogens is 489 g/mol. The van der Waals surface area contributed by atoms with Gasteiger partial charge < -0.3 is 14.4 Å². The Bertz CT molecular complexity index is 741. The van der Waals surface area contributed by atoms with E-state index in [1.807, 2.05) is 0 Å². The molecule has 0 aromatic rings. The van der Waals surface area contributed by atoms with Gasteiger partial charge in [0.25, 0.3) is 5.91 Å². The van der Waals surface area contributed by atoms with Gasteiger partial charge in [0, 0.05) is 0 Å². The van der Waals surface area contributed by atoms with Crippen molar-refractivity contribution in [2.75, 3.05) is 6.79 Å². The van der Waals surface area contributed by atoms with Crippen molar-refractivity contribution < 1.29 is 32.3 Å². The van der Waals surface area contributed by atoms with Gasteiger partial charge in [-0.3, -0.25) is 9.59 Å². The molecule has 0 bridgehead atoms. The van der Waals surface area contributed by atoms with Crippen molar-refractivity contribution in [3.05, 3.63) is 0 Å². The molecule has 2 saturated heterocycles. The molecule has 0 radical (unpaired) electrons. The van der Waals surface area contributed by atoms with Gasteiger partial charge in [0.2, 0.25) is 9.67 Å². The molecule has 1 amide bonds. The van der Waals surface area contributed by atoms with Gasteiger partial charge in [0.1, 0.15) is 10.8 Å².